The summed E-state index contributed by atoms with van der Waals surface area (Å²) < 4.78 is 16.9. The second kappa shape index (κ2) is 8.76. The van der Waals surface area contributed by atoms with Gasteiger partial charge < -0.3 is 19.6 Å². The van der Waals surface area contributed by atoms with Crippen LogP contribution in [0.15, 0.2) is 76.5 Å². The predicted molar refractivity (Wildman–Crippen MR) is 130 cm³/mol. The van der Waals surface area contributed by atoms with Gasteiger partial charge in [-0.3, -0.25) is 10.1 Å². The number of non-ortho nitro benzene ring substituents is 1. The zero-order chi connectivity index (χ0) is 25.6. The first kappa shape index (κ1) is 23.0. The van der Waals surface area contributed by atoms with Gasteiger partial charge in [0.05, 0.1) is 10.8 Å². The predicted octanol–water partition coefficient (Wildman–Crippen LogP) is 5.74. The van der Waals surface area contributed by atoms with Gasteiger partial charge in [0.1, 0.15) is 28.7 Å². The van der Waals surface area contributed by atoms with Crippen LogP contribution in [-0.4, -0.2) is 10.9 Å². The number of fused-ring (bicyclic) bond motifs is 2. The number of nitriles is 1. The number of nitrogens with two attached hydrogens (primary N) is 1. The molecule has 5 rings (SSSR count). The molecule has 0 bridgehead atoms. The molecule has 1 aromatic heterocycles. The number of aryl methyl sites for hydroxylation is 1. The van der Waals surface area contributed by atoms with Gasteiger partial charge in [0.2, 0.25) is 11.6 Å². The first-order chi connectivity index (χ1) is 17.3. The van der Waals surface area contributed by atoms with Crippen LogP contribution in [0.4, 0.5) is 5.69 Å². The van der Waals surface area contributed by atoms with Crippen molar-refractivity contribution in [3.05, 3.63) is 110 Å². The van der Waals surface area contributed by atoms with Crippen molar-refractivity contribution in [3.8, 4) is 17.6 Å². The van der Waals surface area contributed by atoms with Crippen LogP contribution < -0.4 is 15.2 Å². The Bertz CT molecular complexity index is 1630. The van der Waals surface area contributed by atoms with Crippen LogP contribution >= 0.6 is 11.6 Å². The number of carbonyl (C=O) groups is 1. The quantitative estimate of drug-likeness (QED) is 0.161. The number of esters is 1. The van der Waals surface area contributed by atoms with Crippen LogP contribution in [0.25, 0.3) is 11.0 Å². The average molecular weight is 502 g/mol. The molecule has 178 valence electrons. The fourth-order valence-corrected chi connectivity index (χ4v) is 4.34. The van der Waals surface area contributed by atoms with Gasteiger partial charge in [-0.15, -0.1) is 0 Å². The molecular formula is C26H16ClN3O6. The van der Waals surface area contributed by atoms with Crippen LogP contribution in [0.2, 0.25) is 5.02 Å². The van der Waals surface area contributed by atoms with E-state index in [0.717, 1.165) is 0 Å². The number of rotatable bonds is 4. The molecule has 1 aliphatic rings. The molecule has 1 unspecified atom stereocenters. The van der Waals surface area contributed by atoms with E-state index in [1.165, 1.54) is 18.2 Å². The van der Waals surface area contributed by atoms with Crippen molar-refractivity contribution in [2.45, 2.75) is 12.8 Å². The molecule has 0 spiro atoms. The number of carbonyl (C=O) groups excluding carboxylic acids is 1. The lowest BCUT2D eigenvalue weighted by Gasteiger charge is -2.26. The fraction of sp³-hybridized carbons (Fsp3) is 0.0769. The molecule has 0 fully saturated rings. The SMILES string of the molecule is Cc1c(C(=O)Oc2ccc3c(c2)OC(N)=C(C#N)C3c2ccc([N+](=O)[O-])cc2)oc2ccc(Cl)cc12. The highest BCUT2D eigenvalue weighted by atomic mass is 35.5. The number of furan rings is 1. The van der Waals surface area contributed by atoms with Crippen LogP contribution in [-0.2, 0) is 0 Å². The lowest BCUT2D eigenvalue weighted by molar-refractivity contribution is -0.384. The number of hydrogen-bond acceptors (Lipinski definition) is 8. The van der Waals surface area contributed by atoms with Gasteiger partial charge in [-0.25, -0.2) is 4.79 Å². The van der Waals surface area contributed by atoms with Crippen LogP contribution in [0.1, 0.15) is 33.2 Å². The van der Waals surface area contributed by atoms with Crippen LogP contribution in [0.3, 0.4) is 0 Å². The van der Waals surface area contributed by atoms with Crippen molar-refractivity contribution < 1.29 is 23.6 Å². The summed E-state index contributed by atoms with van der Waals surface area (Å²) in [4.78, 5) is 23.4. The summed E-state index contributed by atoms with van der Waals surface area (Å²) in [6.45, 7) is 1.73. The third kappa shape index (κ3) is 3.89. The number of allylic oxidation sites excluding steroid dienone is 1. The summed E-state index contributed by atoms with van der Waals surface area (Å²) in [5, 5.41) is 21.9. The van der Waals surface area contributed by atoms with E-state index in [2.05, 4.69) is 6.07 Å². The summed E-state index contributed by atoms with van der Waals surface area (Å²) in [6.07, 6.45) is 0. The molecule has 0 aliphatic carbocycles. The highest BCUT2D eigenvalue weighted by Crippen LogP contribution is 2.43. The minimum absolute atomic E-state index is 0.0424. The molecule has 9 nitrogen and oxygen atoms in total. The Morgan fingerprint density at radius 3 is 2.61 bits per heavy atom. The Morgan fingerprint density at radius 2 is 1.92 bits per heavy atom. The summed E-state index contributed by atoms with van der Waals surface area (Å²) in [7, 11) is 0. The number of hydrogen-bond donors (Lipinski definition) is 1. The molecule has 4 aromatic rings. The summed E-state index contributed by atoms with van der Waals surface area (Å²) >= 11 is 6.05. The van der Waals surface area contributed by atoms with Gasteiger partial charge >= 0.3 is 5.97 Å². The van der Waals surface area contributed by atoms with Gasteiger partial charge in [0.15, 0.2) is 0 Å². The minimum atomic E-state index is -0.705. The summed E-state index contributed by atoms with van der Waals surface area (Å²) in [5.41, 5.74) is 8.41. The molecule has 0 saturated heterocycles. The van der Waals surface area contributed by atoms with E-state index < -0.39 is 16.8 Å². The Morgan fingerprint density at radius 1 is 1.17 bits per heavy atom. The number of halogens is 1. The topological polar surface area (TPSA) is 142 Å². The van der Waals surface area contributed by atoms with Crippen LogP contribution in [0.5, 0.6) is 11.5 Å². The fourth-order valence-electron chi connectivity index (χ4n) is 4.17. The third-order valence-corrected chi connectivity index (χ3v) is 6.16. The normalized spacial score (nSPS) is 14.6. The zero-order valence-electron chi connectivity index (χ0n) is 18.7. The average Bonchev–Trinajstić information content (AvgIpc) is 3.19. The lowest BCUT2D eigenvalue weighted by atomic mass is 9.83. The van der Waals surface area contributed by atoms with E-state index >= 15 is 0 Å². The monoisotopic (exact) mass is 501 g/mol. The second-order valence-electron chi connectivity index (χ2n) is 8.06. The van der Waals surface area contributed by atoms with Crippen molar-refractivity contribution >= 4 is 34.2 Å². The van der Waals surface area contributed by atoms with Gasteiger partial charge in [0, 0.05) is 39.7 Å². The van der Waals surface area contributed by atoms with Crippen molar-refractivity contribution in [2.75, 3.05) is 0 Å². The maximum atomic E-state index is 12.9. The number of nitrogens with zero attached hydrogens (tertiary/aromatic N) is 2. The number of ether oxygens (including phenoxy) is 2. The second-order valence-corrected chi connectivity index (χ2v) is 8.50. The Labute approximate surface area is 209 Å². The number of nitro benzene ring substituents is 1. The van der Waals surface area contributed by atoms with Gasteiger partial charge in [-0.2, -0.15) is 5.26 Å². The summed E-state index contributed by atoms with van der Waals surface area (Å²) in [5.74, 6) is -0.932. The van der Waals surface area contributed by atoms with Gasteiger partial charge in [-0.1, -0.05) is 29.8 Å². The van der Waals surface area contributed by atoms with E-state index in [1.807, 2.05) is 0 Å². The van der Waals surface area contributed by atoms with E-state index in [0.29, 0.717) is 32.7 Å². The van der Waals surface area contributed by atoms with Crippen molar-refractivity contribution in [2.24, 2.45) is 5.73 Å². The molecule has 0 saturated carbocycles. The molecule has 10 heteroatoms. The van der Waals surface area contributed by atoms with Crippen molar-refractivity contribution in [3.63, 3.8) is 0 Å². The molecule has 2 N–H and O–H groups in total. The molecule has 0 radical (unpaired) electrons. The number of nitro groups is 1. The standard InChI is InChI=1S/C26H16ClN3O6/c1-13-19-10-15(27)4-9-21(19)35-24(13)26(31)34-17-7-8-18-22(11-17)36-25(29)20(12-28)23(18)14-2-5-16(6-3-14)30(32)33/h2-11,23H,29H2,1H3. The molecule has 36 heavy (non-hydrogen) atoms. The first-order valence-electron chi connectivity index (χ1n) is 10.6. The number of benzene rings is 3. The van der Waals surface area contributed by atoms with Crippen molar-refractivity contribution in [1.82, 2.24) is 0 Å². The first-order valence-corrected chi connectivity index (χ1v) is 11.0. The minimum Gasteiger partial charge on any atom is -0.449 e. The van der Waals surface area contributed by atoms with Crippen LogP contribution in [0, 0.1) is 28.4 Å². The summed E-state index contributed by atoms with van der Waals surface area (Å²) in [6, 6.07) is 17.6. The van der Waals surface area contributed by atoms with Gasteiger partial charge in [-0.05, 0) is 36.8 Å². The van der Waals surface area contributed by atoms with Gasteiger partial charge in [0.25, 0.3) is 5.69 Å². The molecule has 1 aliphatic heterocycles. The lowest BCUT2D eigenvalue weighted by Crippen LogP contribution is -2.21. The van der Waals surface area contributed by atoms with E-state index in [-0.39, 0.29) is 34.4 Å². The Hall–Kier alpha value is -4.81. The molecule has 2 heterocycles. The molecular weight excluding hydrogens is 486 g/mol. The maximum Gasteiger partial charge on any atom is 0.379 e. The third-order valence-electron chi connectivity index (χ3n) is 5.92. The zero-order valence-corrected chi connectivity index (χ0v) is 19.4. The van der Waals surface area contributed by atoms with E-state index in [9.17, 15) is 20.2 Å². The highest BCUT2D eigenvalue weighted by Gasteiger charge is 2.31. The van der Waals surface area contributed by atoms with E-state index in [4.69, 9.17) is 31.2 Å². The molecule has 3 aromatic carbocycles. The Balaban J connectivity index is 1.48. The highest BCUT2D eigenvalue weighted by molar-refractivity contribution is 6.31. The largest absolute Gasteiger partial charge is 0.449 e. The Kier molecular flexibility index (Phi) is 5.59. The molecule has 1 atom stereocenters. The maximum absolute atomic E-state index is 12.9. The smallest absolute Gasteiger partial charge is 0.379 e. The van der Waals surface area contributed by atoms with Crippen molar-refractivity contribution in [1.29, 1.82) is 5.26 Å². The molecule has 0 amide bonds. The van der Waals surface area contributed by atoms with E-state index in [1.54, 1.807) is 49.4 Å².